The fourth-order valence-corrected chi connectivity index (χ4v) is 2.63. The summed E-state index contributed by atoms with van der Waals surface area (Å²) in [6.07, 6.45) is 0. The number of halogens is 2. The molecule has 1 N–H and O–H groups in total. The molecule has 0 aliphatic heterocycles. The highest BCUT2D eigenvalue weighted by Gasteiger charge is 2.16. The van der Waals surface area contributed by atoms with Gasteiger partial charge in [-0.15, -0.1) is 0 Å². The van der Waals surface area contributed by atoms with Gasteiger partial charge in [-0.1, -0.05) is 25.4 Å². The lowest BCUT2D eigenvalue weighted by atomic mass is 9.96. The molecule has 0 fully saturated rings. The minimum atomic E-state index is -0.430. The summed E-state index contributed by atoms with van der Waals surface area (Å²) in [5.41, 5.74) is 3.75. The van der Waals surface area contributed by atoms with Crippen LogP contribution < -0.4 is 5.32 Å². The van der Waals surface area contributed by atoms with Crippen molar-refractivity contribution in [2.24, 2.45) is 0 Å². The summed E-state index contributed by atoms with van der Waals surface area (Å²) in [6.45, 7) is 9.05. The molecule has 19 heavy (non-hydrogen) atoms. The minimum absolute atomic E-state index is 0.131. The monoisotopic (exact) mass is 280 g/mol. The van der Waals surface area contributed by atoms with Crippen LogP contribution in [-0.2, 0) is 0 Å². The van der Waals surface area contributed by atoms with E-state index >= 15 is 0 Å². The maximum absolute atomic E-state index is 13.6. The Morgan fingerprint density at radius 2 is 2.05 bits per heavy atom. The topological polar surface area (TPSA) is 24.9 Å². The van der Waals surface area contributed by atoms with Crippen LogP contribution in [-0.4, -0.2) is 11.5 Å². The first-order valence-electron chi connectivity index (χ1n) is 6.48. The Hall–Kier alpha value is -1.35. The zero-order valence-corrected chi connectivity index (χ0v) is 12.4. The molecule has 0 spiro atoms. The second-order valence-corrected chi connectivity index (χ2v) is 5.36. The smallest absolute Gasteiger partial charge is 0.143 e. The second kappa shape index (κ2) is 5.33. The molecule has 1 aromatic carbocycles. The standard InChI is InChI=1S/C15H18ClFN2/c1-5-18-15-10-6-11(16)12(17)7-13(10)19-9(4)14(15)8(2)3/h6-8H,5H2,1-4H3,(H,18,19). The summed E-state index contributed by atoms with van der Waals surface area (Å²) >= 11 is 5.90. The molecule has 0 atom stereocenters. The molecule has 2 aromatic rings. The van der Waals surface area contributed by atoms with Gasteiger partial charge in [-0.3, -0.25) is 4.98 Å². The van der Waals surface area contributed by atoms with Crippen molar-refractivity contribution in [1.29, 1.82) is 0 Å². The van der Waals surface area contributed by atoms with Gasteiger partial charge in [-0.05, 0) is 31.4 Å². The summed E-state index contributed by atoms with van der Waals surface area (Å²) in [5, 5.41) is 4.38. The summed E-state index contributed by atoms with van der Waals surface area (Å²) in [7, 11) is 0. The van der Waals surface area contributed by atoms with Crippen molar-refractivity contribution >= 4 is 28.2 Å². The highest BCUT2D eigenvalue weighted by molar-refractivity contribution is 6.31. The van der Waals surface area contributed by atoms with Gasteiger partial charge in [0.05, 0.1) is 10.5 Å². The van der Waals surface area contributed by atoms with Crippen molar-refractivity contribution in [1.82, 2.24) is 4.98 Å². The van der Waals surface area contributed by atoms with Crippen LogP contribution in [0.1, 0.15) is 37.9 Å². The van der Waals surface area contributed by atoms with Crippen LogP contribution in [0, 0.1) is 12.7 Å². The number of aromatic nitrogens is 1. The number of benzene rings is 1. The average molecular weight is 281 g/mol. The van der Waals surface area contributed by atoms with Gasteiger partial charge in [-0.2, -0.15) is 0 Å². The van der Waals surface area contributed by atoms with Gasteiger partial charge in [0.25, 0.3) is 0 Å². The van der Waals surface area contributed by atoms with Gasteiger partial charge in [-0.25, -0.2) is 4.39 Å². The SMILES string of the molecule is CCNc1c(C(C)C)c(C)nc2cc(F)c(Cl)cc12. The lowest BCUT2D eigenvalue weighted by molar-refractivity contribution is 0.629. The van der Waals surface area contributed by atoms with Crippen molar-refractivity contribution in [3.8, 4) is 0 Å². The molecule has 1 heterocycles. The summed E-state index contributed by atoms with van der Waals surface area (Å²) in [4.78, 5) is 4.50. The third kappa shape index (κ3) is 2.52. The van der Waals surface area contributed by atoms with E-state index in [-0.39, 0.29) is 5.02 Å². The van der Waals surface area contributed by atoms with Crippen LogP contribution in [0.3, 0.4) is 0 Å². The molecular weight excluding hydrogens is 263 g/mol. The Kier molecular flexibility index (Phi) is 3.95. The summed E-state index contributed by atoms with van der Waals surface area (Å²) in [5.74, 6) is -0.0874. The van der Waals surface area contributed by atoms with Gasteiger partial charge in [0.2, 0.25) is 0 Å². The Morgan fingerprint density at radius 1 is 1.37 bits per heavy atom. The molecule has 102 valence electrons. The van der Waals surface area contributed by atoms with Gasteiger partial charge in [0.1, 0.15) is 5.82 Å². The van der Waals surface area contributed by atoms with E-state index in [4.69, 9.17) is 11.6 Å². The maximum atomic E-state index is 13.6. The Morgan fingerprint density at radius 3 is 2.63 bits per heavy atom. The second-order valence-electron chi connectivity index (χ2n) is 4.95. The Bertz CT molecular complexity index is 623. The third-order valence-electron chi connectivity index (χ3n) is 3.19. The van der Waals surface area contributed by atoms with Crippen LogP contribution >= 0.6 is 11.6 Å². The third-order valence-corrected chi connectivity index (χ3v) is 3.48. The van der Waals surface area contributed by atoms with Crippen LogP contribution in [0.25, 0.3) is 10.9 Å². The lowest BCUT2D eigenvalue weighted by Gasteiger charge is -2.19. The van der Waals surface area contributed by atoms with E-state index in [0.29, 0.717) is 11.4 Å². The number of fused-ring (bicyclic) bond motifs is 1. The zero-order chi connectivity index (χ0) is 14.2. The number of nitrogens with zero attached hydrogens (tertiary/aromatic N) is 1. The number of aryl methyl sites for hydroxylation is 1. The van der Waals surface area contributed by atoms with Gasteiger partial charge >= 0.3 is 0 Å². The average Bonchev–Trinajstić information content (AvgIpc) is 2.31. The fourth-order valence-electron chi connectivity index (χ4n) is 2.47. The highest BCUT2D eigenvalue weighted by Crippen LogP contribution is 2.35. The number of hydrogen-bond donors (Lipinski definition) is 1. The first-order chi connectivity index (χ1) is 8.95. The molecule has 0 saturated heterocycles. The van der Waals surface area contributed by atoms with Crippen molar-refractivity contribution in [3.63, 3.8) is 0 Å². The van der Waals surface area contributed by atoms with E-state index in [2.05, 4.69) is 24.1 Å². The molecule has 4 heteroatoms. The van der Waals surface area contributed by atoms with E-state index in [1.165, 1.54) is 6.07 Å². The van der Waals surface area contributed by atoms with Crippen LogP contribution in [0.15, 0.2) is 12.1 Å². The molecular formula is C15H18ClFN2. The molecule has 0 aliphatic rings. The molecule has 0 saturated carbocycles. The lowest BCUT2D eigenvalue weighted by Crippen LogP contribution is -2.07. The predicted octanol–water partition coefficient (Wildman–Crippen LogP) is 4.89. The molecule has 0 bridgehead atoms. The Labute approximate surface area is 118 Å². The first-order valence-corrected chi connectivity index (χ1v) is 6.86. The molecule has 0 unspecified atom stereocenters. The number of nitrogens with one attached hydrogen (secondary N) is 1. The molecule has 0 amide bonds. The quantitative estimate of drug-likeness (QED) is 0.866. The number of hydrogen-bond acceptors (Lipinski definition) is 2. The van der Waals surface area contributed by atoms with Gasteiger partial charge in [0, 0.05) is 29.4 Å². The van der Waals surface area contributed by atoms with Crippen LogP contribution in [0.5, 0.6) is 0 Å². The summed E-state index contributed by atoms with van der Waals surface area (Å²) < 4.78 is 13.6. The normalized spacial score (nSPS) is 11.3. The fraction of sp³-hybridized carbons (Fsp3) is 0.400. The maximum Gasteiger partial charge on any atom is 0.143 e. The van der Waals surface area contributed by atoms with Gasteiger partial charge in [0.15, 0.2) is 0 Å². The summed E-state index contributed by atoms with van der Waals surface area (Å²) in [6, 6.07) is 3.05. The Balaban J connectivity index is 2.85. The highest BCUT2D eigenvalue weighted by atomic mass is 35.5. The molecule has 2 nitrogen and oxygen atoms in total. The minimum Gasteiger partial charge on any atom is -0.384 e. The van der Waals surface area contributed by atoms with E-state index in [0.717, 1.165) is 28.9 Å². The van der Waals surface area contributed by atoms with E-state index in [1.807, 2.05) is 13.8 Å². The largest absolute Gasteiger partial charge is 0.384 e. The molecule has 0 aliphatic carbocycles. The number of pyridine rings is 1. The molecule has 2 rings (SSSR count). The van der Waals surface area contributed by atoms with Crippen molar-refractivity contribution in [2.75, 3.05) is 11.9 Å². The van der Waals surface area contributed by atoms with E-state index < -0.39 is 5.82 Å². The van der Waals surface area contributed by atoms with Gasteiger partial charge < -0.3 is 5.32 Å². The van der Waals surface area contributed by atoms with E-state index in [1.54, 1.807) is 6.07 Å². The predicted molar refractivity (Wildman–Crippen MR) is 79.7 cm³/mol. The van der Waals surface area contributed by atoms with Crippen LogP contribution in [0.2, 0.25) is 5.02 Å². The molecule has 1 aromatic heterocycles. The van der Waals surface area contributed by atoms with Crippen LogP contribution in [0.4, 0.5) is 10.1 Å². The van der Waals surface area contributed by atoms with Crippen molar-refractivity contribution in [3.05, 3.63) is 34.2 Å². The van der Waals surface area contributed by atoms with E-state index in [9.17, 15) is 4.39 Å². The number of anilines is 1. The first kappa shape index (κ1) is 14.1. The number of rotatable bonds is 3. The van der Waals surface area contributed by atoms with Crippen molar-refractivity contribution < 1.29 is 4.39 Å². The van der Waals surface area contributed by atoms with Crippen molar-refractivity contribution in [2.45, 2.75) is 33.6 Å². The molecule has 0 radical (unpaired) electrons. The zero-order valence-electron chi connectivity index (χ0n) is 11.6.